The smallest absolute Gasteiger partial charge is 0.414 e. The van der Waals surface area contributed by atoms with Gasteiger partial charge in [0, 0.05) is 12.1 Å². The zero-order chi connectivity index (χ0) is 14.8. The molecule has 1 aromatic carbocycles. The molecule has 5 heteroatoms. The Labute approximate surface area is 119 Å². The van der Waals surface area contributed by atoms with Crippen LogP contribution in [0.4, 0.5) is 10.5 Å². The molecule has 1 N–H and O–H groups in total. The second-order valence-electron chi connectivity index (χ2n) is 5.71. The third kappa shape index (κ3) is 3.87. The molecule has 1 saturated heterocycles. The van der Waals surface area contributed by atoms with Gasteiger partial charge in [0.1, 0.15) is 11.9 Å². The third-order valence-corrected chi connectivity index (χ3v) is 3.09. The molecule has 1 fully saturated rings. The van der Waals surface area contributed by atoms with Crippen LogP contribution >= 0.6 is 0 Å². The fourth-order valence-corrected chi connectivity index (χ4v) is 1.96. The van der Waals surface area contributed by atoms with Gasteiger partial charge in [0.2, 0.25) is 0 Å². The minimum Gasteiger partial charge on any atom is -0.493 e. The first-order valence-electron chi connectivity index (χ1n) is 6.78. The molecule has 0 radical (unpaired) electrons. The van der Waals surface area contributed by atoms with E-state index in [0.717, 1.165) is 11.4 Å². The molecule has 110 valence electrons. The predicted octanol–water partition coefficient (Wildman–Crippen LogP) is 2.57. The zero-order valence-electron chi connectivity index (χ0n) is 12.1. The van der Waals surface area contributed by atoms with Crippen LogP contribution in [0.25, 0.3) is 0 Å². The van der Waals surface area contributed by atoms with E-state index in [9.17, 15) is 9.90 Å². The lowest BCUT2D eigenvalue weighted by molar-refractivity contribution is 0.0553. The summed E-state index contributed by atoms with van der Waals surface area (Å²) in [6.45, 7) is 6.38. The maximum Gasteiger partial charge on any atom is 0.414 e. The molecule has 0 aromatic heterocycles. The molecule has 2 rings (SSSR count). The number of amides is 1. The Bertz CT molecular complexity index is 464. The number of aliphatic hydroxyl groups is 1. The molecule has 1 aliphatic rings. The topological polar surface area (TPSA) is 59.0 Å². The van der Waals surface area contributed by atoms with Crippen LogP contribution < -0.4 is 9.64 Å². The van der Waals surface area contributed by atoms with Crippen molar-refractivity contribution in [3.05, 3.63) is 24.3 Å². The predicted molar refractivity (Wildman–Crippen MR) is 76.1 cm³/mol. The van der Waals surface area contributed by atoms with Crippen LogP contribution in [0.2, 0.25) is 0 Å². The Morgan fingerprint density at radius 2 is 2.05 bits per heavy atom. The van der Waals surface area contributed by atoms with E-state index in [4.69, 9.17) is 9.47 Å². The van der Waals surface area contributed by atoms with Gasteiger partial charge in [-0.15, -0.1) is 0 Å². The van der Waals surface area contributed by atoms with Gasteiger partial charge in [0.05, 0.1) is 18.8 Å². The lowest BCUT2D eigenvalue weighted by Crippen LogP contribution is -2.24. The minimum atomic E-state index is -0.727. The van der Waals surface area contributed by atoms with Gasteiger partial charge >= 0.3 is 6.09 Å². The van der Waals surface area contributed by atoms with Gasteiger partial charge in [-0.2, -0.15) is 0 Å². The molecular formula is C15H21NO4. The van der Waals surface area contributed by atoms with Crippen molar-refractivity contribution in [2.45, 2.75) is 38.9 Å². The lowest BCUT2D eigenvalue weighted by atomic mass is 10.1. The first kappa shape index (κ1) is 14.7. The van der Waals surface area contributed by atoms with Gasteiger partial charge in [-0.1, -0.05) is 0 Å². The Hall–Kier alpha value is -1.75. The highest BCUT2D eigenvalue weighted by atomic mass is 16.6. The van der Waals surface area contributed by atoms with Crippen molar-refractivity contribution in [1.29, 1.82) is 0 Å². The molecule has 0 bridgehead atoms. The van der Waals surface area contributed by atoms with Crippen LogP contribution in [0.3, 0.4) is 0 Å². The number of carbonyl (C=O) groups excluding carboxylic acids is 1. The number of nitrogens with zero attached hydrogens (tertiary/aromatic N) is 1. The van der Waals surface area contributed by atoms with E-state index in [-0.39, 0.29) is 12.2 Å². The highest BCUT2D eigenvalue weighted by Crippen LogP contribution is 2.24. The fourth-order valence-electron chi connectivity index (χ4n) is 1.96. The Morgan fingerprint density at radius 3 is 2.55 bits per heavy atom. The first-order chi connectivity index (χ1) is 9.35. The van der Waals surface area contributed by atoms with Crippen molar-refractivity contribution in [2.24, 2.45) is 0 Å². The summed E-state index contributed by atoms with van der Waals surface area (Å²) in [6.07, 6.45) is 0.170. The van der Waals surface area contributed by atoms with Crippen LogP contribution in [-0.2, 0) is 4.74 Å². The molecule has 1 heterocycles. The summed E-state index contributed by atoms with van der Waals surface area (Å²) in [5.41, 5.74) is 0.0734. The Balaban J connectivity index is 1.92. The molecule has 1 atom stereocenters. The van der Waals surface area contributed by atoms with Gasteiger partial charge in [-0.05, 0) is 45.0 Å². The SMILES string of the molecule is CC1CN(c2ccc(OCCC(C)(C)O)cc2)C(=O)O1. The van der Waals surface area contributed by atoms with Crippen LogP contribution in [0.1, 0.15) is 27.2 Å². The van der Waals surface area contributed by atoms with Gasteiger partial charge < -0.3 is 14.6 Å². The van der Waals surface area contributed by atoms with E-state index in [2.05, 4.69) is 0 Å². The molecule has 0 aliphatic carbocycles. The van der Waals surface area contributed by atoms with Crippen LogP contribution in [-0.4, -0.2) is 36.1 Å². The molecule has 1 unspecified atom stereocenters. The van der Waals surface area contributed by atoms with Gasteiger partial charge in [-0.25, -0.2) is 4.79 Å². The average molecular weight is 279 g/mol. The minimum absolute atomic E-state index is 0.0785. The summed E-state index contributed by atoms with van der Waals surface area (Å²) in [5, 5.41) is 9.60. The molecule has 0 spiro atoms. The summed E-state index contributed by atoms with van der Waals surface area (Å²) < 4.78 is 10.6. The van der Waals surface area contributed by atoms with Gasteiger partial charge in [0.25, 0.3) is 0 Å². The van der Waals surface area contributed by atoms with E-state index in [1.54, 1.807) is 18.7 Å². The lowest BCUT2D eigenvalue weighted by Gasteiger charge is -2.17. The van der Waals surface area contributed by atoms with Crippen molar-refractivity contribution >= 4 is 11.8 Å². The molecule has 1 aromatic rings. The average Bonchev–Trinajstić information content (AvgIpc) is 2.68. The summed E-state index contributed by atoms with van der Waals surface area (Å²) in [4.78, 5) is 13.2. The Morgan fingerprint density at radius 1 is 1.40 bits per heavy atom. The van der Waals surface area contributed by atoms with Crippen LogP contribution in [0.5, 0.6) is 5.75 Å². The summed E-state index contributed by atoms with van der Waals surface area (Å²) in [5.74, 6) is 0.721. The number of benzene rings is 1. The number of ether oxygens (including phenoxy) is 2. The highest BCUT2D eigenvalue weighted by molar-refractivity contribution is 5.89. The van der Waals surface area contributed by atoms with Crippen molar-refractivity contribution in [3.63, 3.8) is 0 Å². The number of cyclic esters (lactones) is 1. The first-order valence-corrected chi connectivity index (χ1v) is 6.78. The van der Waals surface area contributed by atoms with E-state index in [1.807, 2.05) is 31.2 Å². The summed E-state index contributed by atoms with van der Waals surface area (Å²) >= 11 is 0. The largest absolute Gasteiger partial charge is 0.493 e. The van der Waals surface area contributed by atoms with Crippen LogP contribution in [0.15, 0.2) is 24.3 Å². The molecule has 1 amide bonds. The molecule has 0 saturated carbocycles. The standard InChI is InChI=1S/C15H21NO4/c1-11-10-16(14(17)20-11)12-4-6-13(7-5-12)19-9-8-15(2,3)18/h4-7,11,18H,8-10H2,1-3H3. The number of hydrogen-bond acceptors (Lipinski definition) is 4. The molecule has 20 heavy (non-hydrogen) atoms. The van der Waals surface area contributed by atoms with E-state index < -0.39 is 5.60 Å². The zero-order valence-corrected chi connectivity index (χ0v) is 12.1. The number of anilines is 1. The van der Waals surface area contributed by atoms with E-state index in [1.165, 1.54) is 0 Å². The number of hydrogen-bond donors (Lipinski definition) is 1. The van der Waals surface area contributed by atoms with Crippen molar-refractivity contribution in [3.8, 4) is 5.75 Å². The highest BCUT2D eigenvalue weighted by Gasteiger charge is 2.29. The number of carbonyl (C=O) groups is 1. The van der Waals surface area contributed by atoms with Gasteiger partial charge in [-0.3, -0.25) is 4.90 Å². The normalized spacial score (nSPS) is 19.1. The monoisotopic (exact) mass is 279 g/mol. The van der Waals surface area contributed by atoms with Gasteiger partial charge in [0.15, 0.2) is 0 Å². The van der Waals surface area contributed by atoms with E-state index >= 15 is 0 Å². The molecule has 1 aliphatic heterocycles. The second-order valence-corrected chi connectivity index (χ2v) is 5.71. The second kappa shape index (κ2) is 5.71. The fraction of sp³-hybridized carbons (Fsp3) is 0.533. The van der Waals surface area contributed by atoms with Crippen LogP contribution in [0, 0.1) is 0 Å². The van der Waals surface area contributed by atoms with Crippen molar-refractivity contribution < 1.29 is 19.4 Å². The maximum absolute atomic E-state index is 11.6. The third-order valence-electron chi connectivity index (χ3n) is 3.09. The van der Waals surface area contributed by atoms with E-state index in [0.29, 0.717) is 19.6 Å². The summed E-state index contributed by atoms with van der Waals surface area (Å²) in [7, 11) is 0. The van der Waals surface area contributed by atoms with Crippen molar-refractivity contribution in [1.82, 2.24) is 0 Å². The summed E-state index contributed by atoms with van der Waals surface area (Å²) in [6, 6.07) is 7.30. The number of rotatable bonds is 5. The Kier molecular flexibility index (Phi) is 4.18. The molecular weight excluding hydrogens is 258 g/mol. The maximum atomic E-state index is 11.6. The van der Waals surface area contributed by atoms with Crippen molar-refractivity contribution in [2.75, 3.05) is 18.1 Å². The quantitative estimate of drug-likeness (QED) is 0.900. The molecule has 5 nitrogen and oxygen atoms in total.